The molecule has 0 saturated heterocycles. The Morgan fingerprint density at radius 2 is 1.83 bits per heavy atom. The van der Waals surface area contributed by atoms with E-state index in [0.717, 1.165) is 4.68 Å². The molecule has 0 atom stereocenters. The minimum atomic E-state index is -0.509. The van der Waals surface area contributed by atoms with Gasteiger partial charge in [0.05, 0.1) is 38.2 Å². The van der Waals surface area contributed by atoms with Crippen LogP contribution in [0.15, 0.2) is 28.0 Å². The van der Waals surface area contributed by atoms with Crippen LogP contribution in [0.5, 0.6) is 17.2 Å². The minimum Gasteiger partial charge on any atom is -0.493 e. The van der Waals surface area contributed by atoms with Crippen molar-refractivity contribution in [3.05, 3.63) is 28.7 Å². The number of ether oxygens (including phenoxy) is 3. The maximum Gasteiger partial charge on any atom is 0.292 e. The van der Waals surface area contributed by atoms with Crippen LogP contribution in [-0.2, 0) is 16.1 Å². The Labute approximate surface area is 170 Å². The predicted molar refractivity (Wildman–Crippen MR) is 107 cm³/mol. The van der Waals surface area contributed by atoms with Gasteiger partial charge in [-0.3, -0.25) is 14.4 Å². The number of rotatable bonds is 6. The van der Waals surface area contributed by atoms with Crippen LogP contribution in [0.3, 0.4) is 0 Å². The third-order valence-corrected chi connectivity index (χ3v) is 5.29. The van der Waals surface area contributed by atoms with E-state index in [1.807, 2.05) is 0 Å². The van der Waals surface area contributed by atoms with Gasteiger partial charge in [0.25, 0.3) is 5.56 Å². The number of fused-ring (bicyclic) bond motifs is 1. The first-order chi connectivity index (χ1) is 13.9. The van der Waals surface area contributed by atoms with Crippen LogP contribution in [0.1, 0.15) is 0 Å². The van der Waals surface area contributed by atoms with Crippen LogP contribution < -0.4 is 30.0 Å². The van der Waals surface area contributed by atoms with E-state index in [-0.39, 0.29) is 23.9 Å². The molecular weight excluding hydrogens is 400 g/mol. The molecule has 1 N–H and O–H groups in total. The number of benzene rings is 1. The lowest BCUT2D eigenvalue weighted by atomic mass is 10.2. The van der Waals surface area contributed by atoms with Gasteiger partial charge in [0.15, 0.2) is 11.5 Å². The van der Waals surface area contributed by atoms with Gasteiger partial charge >= 0.3 is 0 Å². The summed E-state index contributed by atoms with van der Waals surface area (Å²) in [4.78, 5) is 39.0. The predicted octanol–water partition coefficient (Wildman–Crippen LogP) is 0.976. The first kappa shape index (κ1) is 20.5. The van der Waals surface area contributed by atoms with Crippen LogP contribution in [0.25, 0.3) is 0 Å². The average molecular weight is 420 g/mol. The molecule has 154 valence electrons. The van der Waals surface area contributed by atoms with E-state index >= 15 is 0 Å². The Balaban J connectivity index is 1.84. The van der Waals surface area contributed by atoms with Gasteiger partial charge < -0.3 is 24.4 Å². The number of aromatic nitrogens is 2. The van der Waals surface area contributed by atoms with Crippen molar-refractivity contribution in [1.29, 1.82) is 0 Å². The second-order valence-electron chi connectivity index (χ2n) is 6.02. The summed E-state index contributed by atoms with van der Waals surface area (Å²) in [5.41, 5.74) is 0.116. The highest BCUT2D eigenvalue weighted by atomic mass is 32.2. The van der Waals surface area contributed by atoms with Crippen LogP contribution in [0.2, 0.25) is 0 Å². The Morgan fingerprint density at radius 1 is 1.17 bits per heavy atom. The number of nitrogens with one attached hydrogen (secondary N) is 1. The molecule has 1 aliphatic rings. The molecular formula is C18H20N4O6S. The lowest BCUT2D eigenvalue weighted by molar-refractivity contribution is -0.117. The summed E-state index contributed by atoms with van der Waals surface area (Å²) in [7, 11) is 5.94. The molecule has 2 aromatic rings. The molecule has 0 fully saturated rings. The maximum atomic E-state index is 12.7. The van der Waals surface area contributed by atoms with Crippen LogP contribution in [-0.4, -0.2) is 55.7 Å². The van der Waals surface area contributed by atoms with Crippen molar-refractivity contribution < 1.29 is 23.8 Å². The first-order valence-electron chi connectivity index (χ1n) is 8.49. The zero-order valence-corrected chi connectivity index (χ0v) is 17.2. The number of anilines is 2. The minimum absolute atomic E-state index is 0.181. The van der Waals surface area contributed by atoms with Crippen molar-refractivity contribution in [2.45, 2.75) is 11.4 Å². The number of hydrogen-bond donors (Lipinski definition) is 1. The molecule has 0 saturated carbocycles. The van der Waals surface area contributed by atoms with Crippen molar-refractivity contribution in [2.24, 2.45) is 0 Å². The van der Waals surface area contributed by atoms with Gasteiger partial charge in [0.2, 0.25) is 17.6 Å². The second kappa shape index (κ2) is 8.43. The van der Waals surface area contributed by atoms with Crippen LogP contribution in [0.4, 0.5) is 11.4 Å². The lowest BCUT2D eigenvalue weighted by Gasteiger charge is -2.24. The van der Waals surface area contributed by atoms with Gasteiger partial charge in [0, 0.05) is 24.9 Å². The van der Waals surface area contributed by atoms with Crippen molar-refractivity contribution in [1.82, 2.24) is 9.78 Å². The third kappa shape index (κ3) is 3.99. The molecule has 1 aliphatic heterocycles. The number of carbonyl (C=O) groups excluding carboxylic acids is 2. The van der Waals surface area contributed by atoms with Crippen molar-refractivity contribution >= 4 is 35.0 Å². The van der Waals surface area contributed by atoms with E-state index in [0.29, 0.717) is 27.8 Å². The highest BCUT2D eigenvalue weighted by molar-refractivity contribution is 8.00. The average Bonchev–Trinajstić information content (AvgIpc) is 2.71. The van der Waals surface area contributed by atoms with Gasteiger partial charge in [-0.05, 0) is 0 Å². The smallest absolute Gasteiger partial charge is 0.292 e. The van der Waals surface area contributed by atoms with Crippen LogP contribution in [0, 0.1) is 0 Å². The van der Waals surface area contributed by atoms with Gasteiger partial charge in [-0.2, -0.15) is 5.10 Å². The van der Waals surface area contributed by atoms with Gasteiger partial charge in [0.1, 0.15) is 12.2 Å². The number of methoxy groups -OCH3 is 3. The highest BCUT2D eigenvalue weighted by Crippen LogP contribution is 2.39. The zero-order valence-electron chi connectivity index (χ0n) is 16.3. The lowest BCUT2D eigenvalue weighted by Crippen LogP contribution is -2.40. The Kier molecular flexibility index (Phi) is 5.97. The van der Waals surface area contributed by atoms with Crippen LogP contribution >= 0.6 is 11.8 Å². The molecule has 2 amide bonds. The van der Waals surface area contributed by atoms with E-state index in [9.17, 15) is 14.4 Å². The molecule has 1 aromatic carbocycles. The molecule has 0 unspecified atom stereocenters. The molecule has 11 heteroatoms. The van der Waals surface area contributed by atoms with Crippen molar-refractivity contribution in [3.8, 4) is 17.2 Å². The molecule has 3 rings (SSSR count). The summed E-state index contributed by atoms with van der Waals surface area (Å²) >= 11 is 1.25. The summed E-state index contributed by atoms with van der Waals surface area (Å²) < 4.78 is 16.8. The molecule has 2 heterocycles. The van der Waals surface area contributed by atoms with Gasteiger partial charge in [-0.1, -0.05) is 0 Å². The van der Waals surface area contributed by atoms with E-state index < -0.39 is 11.5 Å². The molecule has 0 aliphatic carbocycles. The molecule has 0 spiro atoms. The second-order valence-corrected chi connectivity index (χ2v) is 7.04. The maximum absolute atomic E-state index is 12.7. The third-order valence-electron chi connectivity index (χ3n) is 4.29. The summed E-state index contributed by atoms with van der Waals surface area (Å²) in [6.45, 7) is -0.324. The summed E-state index contributed by atoms with van der Waals surface area (Å²) in [6, 6.07) is 3.15. The van der Waals surface area contributed by atoms with E-state index in [1.54, 1.807) is 12.1 Å². The van der Waals surface area contributed by atoms with E-state index in [1.165, 1.54) is 51.2 Å². The molecule has 10 nitrogen and oxygen atoms in total. The van der Waals surface area contributed by atoms with Gasteiger partial charge in [-0.25, -0.2) is 4.68 Å². The van der Waals surface area contributed by atoms with Crippen molar-refractivity contribution in [2.75, 3.05) is 44.3 Å². The largest absolute Gasteiger partial charge is 0.493 e. The number of hydrogen-bond acceptors (Lipinski definition) is 8. The SMILES string of the molecule is COc1cc(NC(=O)Cn2ncc3c(c2=O)N(C)C(=O)CS3)cc(OC)c1OC. The summed E-state index contributed by atoms with van der Waals surface area (Å²) in [6.07, 6.45) is 1.48. The molecule has 1 aromatic heterocycles. The monoisotopic (exact) mass is 420 g/mol. The number of amides is 2. The summed E-state index contributed by atoms with van der Waals surface area (Å²) in [5.74, 6) is 0.735. The molecule has 0 radical (unpaired) electrons. The van der Waals surface area contributed by atoms with E-state index in [2.05, 4.69) is 10.4 Å². The Morgan fingerprint density at radius 3 is 2.41 bits per heavy atom. The van der Waals surface area contributed by atoms with E-state index in [4.69, 9.17) is 14.2 Å². The first-order valence-corrected chi connectivity index (χ1v) is 9.47. The molecule has 0 bridgehead atoms. The van der Waals surface area contributed by atoms with Gasteiger partial charge in [-0.15, -0.1) is 11.8 Å². The fraction of sp³-hybridized carbons (Fsp3) is 0.333. The Hall–Kier alpha value is -3.21. The standard InChI is InChI=1S/C18H20N4O6S/c1-21-15(24)9-29-13-7-19-22(18(25)16(13)21)8-14(23)20-10-5-11(26-2)17(28-4)12(6-10)27-3/h5-7H,8-9H2,1-4H3,(H,20,23). The number of thioether (sulfide) groups is 1. The molecule has 29 heavy (non-hydrogen) atoms. The topological polar surface area (TPSA) is 112 Å². The number of carbonyl (C=O) groups is 2. The quantitative estimate of drug-likeness (QED) is 0.736. The summed E-state index contributed by atoms with van der Waals surface area (Å²) in [5, 5.41) is 6.72. The highest BCUT2D eigenvalue weighted by Gasteiger charge is 2.26. The van der Waals surface area contributed by atoms with Crippen molar-refractivity contribution in [3.63, 3.8) is 0 Å². The normalized spacial score (nSPS) is 13.0. The Bertz CT molecular complexity index is 997. The number of nitrogens with zero attached hydrogens (tertiary/aromatic N) is 3. The fourth-order valence-corrected chi connectivity index (χ4v) is 3.80. The zero-order chi connectivity index (χ0) is 21.1. The fourth-order valence-electron chi connectivity index (χ4n) is 2.84.